The van der Waals surface area contributed by atoms with Crippen LogP contribution in [0.15, 0.2) is 12.1 Å². The fourth-order valence-electron chi connectivity index (χ4n) is 1.53. The minimum atomic E-state index is -0.940. The van der Waals surface area contributed by atoms with Gasteiger partial charge in [-0.25, -0.2) is 9.78 Å². The average molecular weight is 238 g/mol. The second-order valence-corrected chi connectivity index (χ2v) is 4.08. The van der Waals surface area contributed by atoms with E-state index in [0.29, 0.717) is 18.1 Å². The molecule has 0 aliphatic heterocycles. The quantitative estimate of drug-likeness (QED) is 0.843. The fraction of sp³-hybridized carbons (Fsp3) is 0.500. The Morgan fingerprint density at radius 1 is 1.59 bits per heavy atom. The van der Waals surface area contributed by atoms with Gasteiger partial charge in [-0.15, -0.1) is 0 Å². The average Bonchev–Trinajstić information content (AvgIpc) is 2.27. The summed E-state index contributed by atoms with van der Waals surface area (Å²) in [7, 11) is 3.51. The molecule has 0 aromatic carbocycles. The number of ether oxygens (including phenoxy) is 1. The topological polar surface area (TPSA) is 62.7 Å². The molecule has 17 heavy (non-hydrogen) atoms. The van der Waals surface area contributed by atoms with E-state index < -0.39 is 5.97 Å². The SMILES string of the molecule is COCC(C)N(C)c1cc(C(=O)O)cc(C)n1. The Kier molecular flexibility index (Phi) is 4.45. The second kappa shape index (κ2) is 5.63. The fourth-order valence-corrected chi connectivity index (χ4v) is 1.53. The van der Waals surface area contributed by atoms with Gasteiger partial charge in [-0.05, 0) is 26.0 Å². The molecule has 0 aliphatic rings. The number of rotatable bonds is 5. The monoisotopic (exact) mass is 238 g/mol. The highest BCUT2D eigenvalue weighted by molar-refractivity contribution is 5.88. The first-order valence-electron chi connectivity index (χ1n) is 5.39. The third-order valence-electron chi connectivity index (χ3n) is 2.62. The summed E-state index contributed by atoms with van der Waals surface area (Å²) in [6.45, 7) is 4.34. The number of pyridine rings is 1. The number of hydrogen-bond donors (Lipinski definition) is 1. The first kappa shape index (κ1) is 13.4. The van der Waals surface area contributed by atoms with Crippen LogP contribution in [-0.2, 0) is 4.74 Å². The molecular weight excluding hydrogens is 220 g/mol. The summed E-state index contributed by atoms with van der Waals surface area (Å²) in [6, 6.07) is 3.26. The molecular formula is C12H18N2O3. The lowest BCUT2D eigenvalue weighted by Gasteiger charge is -2.25. The van der Waals surface area contributed by atoms with E-state index in [-0.39, 0.29) is 11.6 Å². The van der Waals surface area contributed by atoms with Crippen LogP contribution in [0.25, 0.3) is 0 Å². The maximum Gasteiger partial charge on any atom is 0.335 e. The molecule has 1 unspecified atom stereocenters. The maximum atomic E-state index is 11.0. The molecule has 0 amide bonds. The van der Waals surface area contributed by atoms with Gasteiger partial charge in [0.05, 0.1) is 18.2 Å². The van der Waals surface area contributed by atoms with Crippen LogP contribution < -0.4 is 4.90 Å². The van der Waals surface area contributed by atoms with Gasteiger partial charge in [0.1, 0.15) is 5.82 Å². The third kappa shape index (κ3) is 3.42. The van der Waals surface area contributed by atoms with Crippen LogP contribution in [-0.4, -0.2) is 42.9 Å². The Morgan fingerprint density at radius 3 is 2.76 bits per heavy atom. The molecule has 0 fully saturated rings. The largest absolute Gasteiger partial charge is 0.478 e. The predicted octanol–water partition coefficient (Wildman–Crippen LogP) is 1.56. The van der Waals surface area contributed by atoms with Gasteiger partial charge in [-0.1, -0.05) is 0 Å². The zero-order valence-electron chi connectivity index (χ0n) is 10.6. The Bertz CT molecular complexity index is 407. The molecule has 1 N–H and O–H groups in total. The number of aromatic carboxylic acids is 1. The van der Waals surface area contributed by atoms with Crippen molar-refractivity contribution in [2.45, 2.75) is 19.9 Å². The smallest absolute Gasteiger partial charge is 0.335 e. The van der Waals surface area contributed by atoms with E-state index in [1.807, 2.05) is 18.9 Å². The van der Waals surface area contributed by atoms with Gasteiger partial charge < -0.3 is 14.7 Å². The molecule has 1 aromatic rings. The van der Waals surface area contributed by atoms with Crippen LogP contribution in [0.5, 0.6) is 0 Å². The molecule has 1 aromatic heterocycles. The van der Waals surface area contributed by atoms with Gasteiger partial charge in [-0.2, -0.15) is 0 Å². The van der Waals surface area contributed by atoms with Crippen LogP contribution >= 0.6 is 0 Å². The summed E-state index contributed by atoms with van der Waals surface area (Å²) in [4.78, 5) is 17.2. The van der Waals surface area contributed by atoms with Crippen molar-refractivity contribution in [1.82, 2.24) is 4.98 Å². The van der Waals surface area contributed by atoms with Gasteiger partial charge in [0.2, 0.25) is 0 Å². The van der Waals surface area contributed by atoms with Gasteiger partial charge in [0.15, 0.2) is 0 Å². The number of anilines is 1. The number of methoxy groups -OCH3 is 1. The lowest BCUT2D eigenvalue weighted by Crippen LogP contribution is -2.33. The summed E-state index contributed by atoms with van der Waals surface area (Å²) >= 11 is 0. The van der Waals surface area contributed by atoms with Crippen molar-refractivity contribution in [3.05, 3.63) is 23.4 Å². The number of nitrogens with zero attached hydrogens (tertiary/aromatic N) is 2. The highest BCUT2D eigenvalue weighted by Gasteiger charge is 2.14. The first-order chi connectivity index (χ1) is 7.95. The second-order valence-electron chi connectivity index (χ2n) is 4.08. The van der Waals surface area contributed by atoms with Crippen molar-refractivity contribution in [3.8, 4) is 0 Å². The molecule has 1 heterocycles. The van der Waals surface area contributed by atoms with Gasteiger partial charge in [-0.3, -0.25) is 0 Å². The highest BCUT2D eigenvalue weighted by atomic mass is 16.5. The molecule has 5 heteroatoms. The predicted molar refractivity (Wildman–Crippen MR) is 65.7 cm³/mol. The van der Waals surface area contributed by atoms with E-state index >= 15 is 0 Å². The lowest BCUT2D eigenvalue weighted by atomic mass is 10.2. The van der Waals surface area contributed by atoms with Crippen molar-refractivity contribution in [1.29, 1.82) is 0 Å². The Balaban J connectivity index is 3.01. The minimum absolute atomic E-state index is 0.135. The number of hydrogen-bond acceptors (Lipinski definition) is 4. The Labute approximate surface area is 101 Å². The molecule has 0 aliphatic carbocycles. The molecule has 0 spiro atoms. The van der Waals surface area contributed by atoms with Crippen molar-refractivity contribution >= 4 is 11.8 Å². The van der Waals surface area contributed by atoms with E-state index in [0.717, 1.165) is 0 Å². The van der Waals surface area contributed by atoms with E-state index in [1.54, 1.807) is 26.2 Å². The summed E-state index contributed by atoms with van der Waals surface area (Å²) in [5.41, 5.74) is 0.945. The van der Waals surface area contributed by atoms with E-state index in [9.17, 15) is 4.79 Å². The van der Waals surface area contributed by atoms with Crippen LogP contribution in [0.4, 0.5) is 5.82 Å². The normalized spacial score (nSPS) is 12.2. The third-order valence-corrected chi connectivity index (χ3v) is 2.62. The van der Waals surface area contributed by atoms with Crippen molar-refractivity contribution < 1.29 is 14.6 Å². The molecule has 0 radical (unpaired) electrons. The zero-order valence-corrected chi connectivity index (χ0v) is 10.6. The lowest BCUT2D eigenvalue weighted by molar-refractivity contribution is 0.0696. The minimum Gasteiger partial charge on any atom is -0.478 e. The van der Waals surface area contributed by atoms with Crippen LogP contribution in [0.3, 0.4) is 0 Å². The summed E-state index contributed by atoms with van der Waals surface area (Å²) in [5.74, 6) is -0.295. The molecule has 1 rings (SSSR count). The standard InChI is InChI=1S/C12H18N2O3/c1-8-5-10(12(15)16)6-11(13-8)14(3)9(2)7-17-4/h5-6,9H,7H2,1-4H3,(H,15,16). The highest BCUT2D eigenvalue weighted by Crippen LogP contribution is 2.16. The Morgan fingerprint density at radius 2 is 2.24 bits per heavy atom. The number of carbonyl (C=O) groups is 1. The molecule has 94 valence electrons. The molecule has 0 saturated carbocycles. The number of aryl methyl sites for hydroxylation is 1. The van der Waals surface area contributed by atoms with Gasteiger partial charge in [0.25, 0.3) is 0 Å². The first-order valence-corrected chi connectivity index (χ1v) is 5.39. The maximum absolute atomic E-state index is 11.0. The Hall–Kier alpha value is -1.62. The molecule has 0 saturated heterocycles. The van der Waals surface area contributed by atoms with Crippen molar-refractivity contribution in [3.63, 3.8) is 0 Å². The number of likely N-dealkylation sites (N-methyl/N-ethyl adjacent to an activating group) is 1. The summed E-state index contributed by atoms with van der Waals surface area (Å²) in [5, 5.41) is 8.99. The van der Waals surface area contributed by atoms with Gasteiger partial charge >= 0.3 is 5.97 Å². The number of aromatic nitrogens is 1. The van der Waals surface area contributed by atoms with E-state index in [2.05, 4.69) is 4.98 Å². The van der Waals surface area contributed by atoms with Crippen molar-refractivity contribution in [2.24, 2.45) is 0 Å². The van der Waals surface area contributed by atoms with E-state index in [4.69, 9.17) is 9.84 Å². The zero-order chi connectivity index (χ0) is 13.0. The summed E-state index contributed by atoms with van der Waals surface area (Å²) < 4.78 is 5.07. The number of carboxylic acids is 1. The van der Waals surface area contributed by atoms with Gasteiger partial charge in [0, 0.05) is 19.9 Å². The van der Waals surface area contributed by atoms with Crippen molar-refractivity contribution in [2.75, 3.05) is 25.7 Å². The van der Waals surface area contributed by atoms with E-state index in [1.165, 1.54) is 0 Å². The summed E-state index contributed by atoms with van der Waals surface area (Å²) in [6.07, 6.45) is 0. The molecule has 1 atom stereocenters. The van der Waals surface area contributed by atoms with Crippen LogP contribution in [0, 0.1) is 6.92 Å². The number of carboxylic acid groups (broad SMARTS) is 1. The molecule has 0 bridgehead atoms. The van der Waals surface area contributed by atoms with Crippen LogP contribution in [0.2, 0.25) is 0 Å². The van der Waals surface area contributed by atoms with Crippen LogP contribution in [0.1, 0.15) is 23.0 Å². The molecule has 5 nitrogen and oxygen atoms in total.